The number of hydrogen-bond donors (Lipinski definition) is 2. The molecule has 2 N–H and O–H groups in total. The Morgan fingerprint density at radius 1 is 1.08 bits per heavy atom. The molecule has 0 aliphatic rings. The second-order valence-electron chi connectivity index (χ2n) is 6.42. The number of carboxylic acids is 1. The van der Waals surface area contributed by atoms with Crippen LogP contribution in [0.25, 0.3) is 21.7 Å². The lowest BCUT2D eigenvalue weighted by Crippen LogP contribution is -2.11. The van der Waals surface area contributed by atoms with Gasteiger partial charge in [-0.2, -0.15) is 0 Å². The van der Waals surface area contributed by atoms with Gasteiger partial charge < -0.3 is 15.1 Å². The molecule has 0 saturated heterocycles. The normalized spacial score (nSPS) is 11.1. The van der Waals surface area contributed by atoms with Gasteiger partial charge in [-0.25, -0.2) is 4.79 Å². The zero-order chi connectivity index (χ0) is 18.3. The van der Waals surface area contributed by atoms with E-state index >= 15 is 0 Å². The van der Waals surface area contributed by atoms with Crippen LogP contribution in [0.15, 0.2) is 60.7 Å². The number of aromatic nitrogens is 1. The van der Waals surface area contributed by atoms with Gasteiger partial charge in [0, 0.05) is 23.7 Å². The highest BCUT2D eigenvalue weighted by Gasteiger charge is 2.20. The van der Waals surface area contributed by atoms with Crippen molar-refractivity contribution < 1.29 is 9.90 Å². The molecule has 1 heterocycles. The summed E-state index contributed by atoms with van der Waals surface area (Å²) in [5, 5.41) is 20.5. The van der Waals surface area contributed by atoms with Crippen molar-refractivity contribution in [2.24, 2.45) is 0 Å². The van der Waals surface area contributed by atoms with Gasteiger partial charge in [-0.3, -0.25) is 0 Å². The Hall–Kier alpha value is -3.40. The summed E-state index contributed by atoms with van der Waals surface area (Å²) in [5.41, 5.74) is 3.72. The lowest BCUT2D eigenvalue weighted by molar-refractivity contribution is 0.0685. The molecule has 0 bridgehead atoms. The van der Waals surface area contributed by atoms with Crippen molar-refractivity contribution in [3.8, 4) is 0 Å². The molecule has 0 atom stereocenters. The van der Waals surface area contributed by atoms with Crippen LogP contribution in [-0.4, -0.2) is 21.9 Å². The fraction of sp³-hybridized carbons (Fsp3) is 0.0909. The number of nitrogens with one attached hydrogen (secondary N) is 1. The highest BCUT2D eigenvalue weighted by atomic mass is 16.4. The summed E-state index contributed by atoms with van der Waals surface area (Å²) in [5.74, 6) is -0.935. The quantitative estimate of drug-likeness (QED) is 0.521. The summed E-state index contributed by atoms with van der Waals surface area (Å²) in [4.78, 5) is 12.0. The van der Waals surface area contributed by atoms with E-state index in [0.717, 1.165) is 38.4 Å². The van der Waals surface area contributed by atoms with E-state index in [1.807, 2.05) is 54.0 Å². The summed E-state index contributed by atoms with van der Waals surface area (Å²) < 4.78 is 1.85. The number of nitrogens with zero attached hydrogens (tertiary/aromatic N) is 1. The Labute approximate surface area is 150 Å². The van der Waals surface area contributed by atoms with Crippen molar-refractivity contribution in [3.05, 3.63) is 83.0 Å². The van der Waals surface area contributed by atoms with E-state index in [1.54, 1.807) is 0 Å². The molecule has 0 aliphatic heterocycles. The van der Waals surface area contributed by atoms with Crippen LogP contribution in [0.1, 0.15) is 27.2 Å². The molecule has 4 nitrogen and oxygen atoms in total. The van der Waals surface area contributed by atoms with Crippen LogP contribution < -0.4 is 0 Å². The summed E-state index contributed by atoms with van der Waals surface area (Å²) in [6, 6.07) is 19.8. The molecule has 0 amide bonds. The van der Waals surface area contributed by atoms with E-state index < -0.39 is 5.97 Å². The first-order chi connectivity index (χ1) is 12.6. The SMILES string of the molecule is Cc1c(C(=O)O)n(Cc2cccc3ccccc23)c2cc(C=N)ccc12. The maximum absolute atomic E-state index is 12.0. The molecule has 0 saturated carbocycles. The van der Waals surface area contributed by atoms with E-state index in [2.05, 4.69) is 18.2 Å². The minimum Gasteiger partial charge on any atom is -0.477 e. The molecule has 0 fully saturated rings. The Balaban J connectivity index is 1.99. The molecule has 4 aromatic rings. The second kappa shape index (κ2) is 6.15. The van der Waals surface area contributed by atoms with Crippen LogP contribution >= 0.6 is 0 Å². The average molecular weight is 342 g/mol. The van der Waals surface area contributed by atoms with Crippen molar-refractivity contribution in [3.63, 3.8) is 0 Å². The zero-order valence-electron chi connectivity index (χ0n) is 14.4. The van der Waals surface area contributed by atoms with Crippen LogP contribution in [0, 0.1) is 12.3 Å². The number of fused-ring (bicyclic) bond motifs is 2. The number of carboxylic acid groups (broad SMARTS) is 1. The smallest absolute Gasteiger partial charge is 0.352 e. The number of hydrogen-bond acceptors (Lipinski definition) is 2. The van der Waals surface area contributed by atoms with Gasteiger partial charge in [-0.15, -0.1) is 0 Å². The maximum atomic E-state index is 12.0. The van der Waals surface area contributed by atoms with Crippen molar-refractivity contribution in [1.29, 1.82) is 5.41 Å². The van der Waals surface area contributed by atoms with Gasteiger partial charge in [0.2, 0.25) is 0 Å². The van der Waals surface area contributed by atoms with Crippen LogP contribution in [0.5, 0.6) is 0 Å². The summed E-state index contributed by atoms with van der Waals surface area (Å²) >= 11 is 0. The Morgan fingerprint density at radius 2 is 1.85 bits per heavy atom. The van der Waals surface area contributed by atoms with Gasteiger partial charge in [-0.1, -0.05) is 54.6 Å². The number of aromatic carboxylic acids is 1. The van der Waals surface area contributed by atoms with Gasteiger partial charge in [0.1, 0.15) is 5.69 Å². The van der Waals surface area contributed by atoms with Gasteiger partial charge in [-0.05, 0) is 40.5 Å². The molecule has 26 heavy (non-hydrogen) atoms. The molecule has 0 radical (unpaired) electrons. The monoisotopic (exact) mass is 342 g/mol. The number of rotatable bonds is 4. The molecule has 0 unspecified atom stereocenters. The lowest BCUT2D eigenvalue weighted by Gasteiger charge is -2.12. The topological polar surface area (TPSA) is 66.1 Å². The molecular formula is C22H18N2O2. The van der Waals surface area contributed by atoms with Gasteiger partial charge in [0.25, 0.3) is 0 Å². The largest absolute Gasteiger partial charge is 0.477 e. The number of carbonyl (C=O) groups is 1. The summed E-state index contributed by atoms with van der Waals surface area (Å²) in [6.07, 6.45) is 1.28. The fourth-order valence-electron chi connectivity index (χ4n) is 3.67. The van der Waals surface area contributed by atoms with E-state index in [4.69, 9.17) is 5.41 Å². The molecule has 1 aromatic heterocycles. The van der Waals surface area contributed by atoms with E-state index in [1.165, 1.54) is 6.21 Å². The predicted molar refractivity (Wildman–Crippen MR) is 105 cm³/mol. The average Bonchev–Trinajstić information content (AvgIpc) is 2.93. The van der Waals surface area contributed by atoms with Crippen molar-refractivity contribution >= 4 is 33.9 Å². The summed E-state index contributed by atoms with van der Waals surface area (Å²) in [6.45, 7) is 2.31. The number of aryl methyl sites for hydroxylation is 1. The minimum atomic E-state index is -0.935. The third kappa shape index (κ3) is 2.47. The zero-order valence-corrected chi connectivity index (χ0v) is 14.4. The van der Waals surface area contributed by atoms with E-state index in [0.29, 0.717) is 12.2 Å². The van der Waals surface area contributed by atoms with E-state index in [-0.39, 0.29) is 0 Å². The predicted octanol–water partition coefficient (Wildman–Crippen LogP) is 4.85. The molecule has 3 aromatic carbocycles. The second-order valence-corrected chi connectivity index (χ2v) is 6.42. The Morgan fingerprint density at radius 3 is 2.62 bits per heavy atom. The highest BCUT2D eigenvalue weighted by Crippen LogP contribution is 2.29. The van der Waals surface area contributed by atoms with Crippen LogP contribution in [-0.2, 0) is 6.54 Å². The fourth-order valence-corrected chi connectivity index (χ4v) is 3.67. The molecule has 128 valence electrons. The molecule has 0 aliphatic carbocycles. The van der Waals surface area contributed by atoms with Crippen LogP contribution in [0.2, 0.25) is 0 Å². The summed E-state index contributed by atoms with van der Waals surface area (Å²) in [7, 11) is 0. The van der Waals surface area contributed by atoms with Gasteiger partial charge in [0.05, 0.1) is 0 Å². The van der Waals surface area contributed by atoms with Crippen molar-refractivity contribution in [2.45, 2.75) is 13.5 Å². The minimum absolute atomic E-state index is 0.301. The molecule has 4 rings (SSSR count). The van der Waals surface area contributed by atoms with Gasteiger partial charge >= 0.3 is 5.97 Å². The molecule has 0 spiro atoms. The van der Waals surface area contributed by atoms with Crippen molar-refractivity contribution in [2.75, 3.05) is 0 Å². The standard InChI is InChI=1S/C22H18N2O2/c1-14-18-10-9-15(12-23)11-20(18)24(21(14)22(25)26)13-17-7-4-6-16-5-2-3-8-19(16)17/h2-12,23H,13H2,1H3,(H,25,26). The Bertz CT molecular complexity index is 1170. The molecule has 4 heteroatoms. The first-order valence-electron chi connectivity index (χ1n) is 8.43. The van der Waals surface area contributed by atoms with Crippen LogP contribution in [0.4, 0.5) is 0 Å². The molecular weight excluding hydrogens is 324 g/mol. The maximum Gasteiger partial charge on any atom is 0.352 e. The Kier molecular flexibility index (Phi) is 3.81. The van der Waals surface area contributed by atoms with Gasteiger partial charge in [0.15, 0.2) is 0 Å². The van der Waals surface area contributed by atoms with E-state index in [9.17, 15) is 9.90 Å². The first-order valence-corrected chi connectivity index (χ1v) is 8.43. The first kappa shape index (κ1) is 16.1. The lowest BCUT2D eigenvalue weighted by atomic mass is 10.0. The van der Waals surface area contributed by atoms with Crippen molar-refractivity contribution in [1.82, 2.24) is 4.57 Å². The highest BCUT2D eigenvalue weighted by molar-refractivity contribution is 6.00. The third-order valence-electron chi connectivity index (χ3n) is 4.92. The number of benzene rings is 3. The van der Waals surface area contributed by atoms with Crippen LogP contribution in [0.3, 0.4) is 0 Å². The third-order valence-corrected chi connectivity index (χ3v) is 4.92.